The lowest BCUT2D eigenvalue weighted by Crippen LogP contribution is -2.23. The molecule has 1 heterocycles. The van der Waals surface area contributed by atoms with Gasteiger partial charge in [-0.15, -0.1) is 0 Å². The van der Waals surface area contributed by atoms with Crippen LogP contribution < -0.4 is 0 Å². The van der Waals surface area contributed by atoms with Gasteiger partial charge in [-0.25, -0.2) is 0 Å². The smallest absolute Gasteiger partial charge is 0.0598 e. The lowest BCUT2D eigenvalue weighted by Gasteiger charge is -2.16. The Morgan fingerprint density at radius 1 is 1.30 bits per heavy atom. The van der Waals surface area contributed by atoms with E-state index in [-0.39, 0.29) is 18.6 Å². The van der Waals surface area contributed by atoms with E-state index in [1.165, 1.54) is 0 Å². The van der Waals surface area contributed by atoms with Crippen LogP contribution in [0.25, 0.3) is 0 Å². The summed E-state index contributed by atoms with van der Waals surface area (Å²) in [5.74, 6) is 2.26. The van der Waals surface area contributed by atoms with E-state index in [0.29, 0.717) is 0 Å². The van der Waals surface area contributed by atoms with Gasteiger partial charge in [0, 0.05) is 12.5 Å². The first kappa shape index (κ1) is 8.37. The molecule has 0 bridgehead atoms. The third-order valence-corrected chi connectivity index (χ3v) is 3.02. The zero-order valence-electron chi connectivity index (χ0n) is 5.99. The van der Waals surface area contributed by atoms with Crippen LogP contribution in [0.1, 0.15) is 12.8 Å². The molecule has 1 saturated heterocycles. The van der Waals surface area contributed by atoms with Crippen molar-refractivity contribution in [1.29, 1.82) is 0 Å². The molecule has 0 aromatic carbocycles. The van der Waals surface area contributed by atoms with Crippen molar-refractivity contribution < 1.29 is 10.2 Å². The van der Waals surface area contributed by atoms with Crippen molar-refractivity contribution in [3.05, 3.63) is 0 Å². The first-order chi connectivity index (χ1) is 4.84. The maximum atomic E-state index is 9.38. The normalized spacial score (nSPS) is 35.4. The molecule has 1 aliphatic rings. The molecule has 10 heavy (non-hydrogen) atoms. The van der Waals surface area contributed by atoms with E-state index in [1.54, 1.807) is 0 Å². The van der Waals surface area contributed by atoms with Crippen LogP contribution in [0.4, 0.5) is 0 Å². The SMILES string of the molecule is OCC1CCSCCC1O. The fraction of sp³-hybridized carbons (Fsp3) is 1.00. The Morgan fingerprint density at radius 2 is 2.00 bits per heavy atom. The molecule has 0 spiro atoms. The summed E-state index contributed by atoms with van der Waals surface area (Å²) in [5, 5.41) is 18.2. The van der Waals surface area contributed by atoms with Gasteiger partial charge in [0.05, 0.1) is 6.10 Å². The van der Waals surface area contributed by atoms with Gasteiger partial charge in [-0.2, -0.15) is 11.8 Å². The van der Waals surface area contributed by atoms with E-state index in [0.717, 1.165) is 24.3 Å². The van der Waals surface area contributed by atoms with Gasteiger partial charge in [0.15, 0.2) is 0 Å². The second-order valence-corrected chi connectivity index (χ2v) is 3.92. The van der Waals surface area contributed by atoms with Gasteiger partial charge in [-0.05, 0) is 24.3 Å². The van der Waals surface area contributed by atoms with Crippen LogP contribution in [-0.2, 0) is 0 Å². The lowest BCUT2D eigenvalue weighted by molar-refractivity contribution is 0.0656. The fourth-order valence-electron chi connectivity index (χ4n) is 1.18. The number of aliphatic hydroxyl groups is 2. The minimum atomic E-state index is -0.264. The quantitative estimate of drug-likeness (QED) is 0.589. The third-order valence-electron chi connectivity index (χ3n) is 1.97. The van der Waals surface area contributed by atoms with Gasteiger partial charge in [0.2, 0.25) is 0 Å². The number of hydrogen-bond acceptors (Lipinski definition) is 3. The summed E-state index contributed by atoms with van der Waals surface area (Å²) in [6, 6.07) is 0. The molecule has 0 aromatic heterocycles. The van der Waals surface area contributed by atoms with Crippen molar-refractivity contribution in [2.24, 2.45) is 5.92 Å². The van der Waals surface area contributed by atoms with Gasteiger partial charge in [0.25, 0.3) is 0 Å². The molecule has 2 unspecified atom stereocenters. The molecule has 2 N–H and O–H groups in total. The van der Waals surface area contributed by atoms with Crippen LogP contribution in [-0.4, -0.2) is 34.4 Å². The molecule has 0 aliphatic carbocycles. The molecule has 0 aromatic rings. The molecule has 0 amide bonds. The van der Waals surface area contributed by atoms with E-state index in [9.17, 15) is 5.11 Å². The summed E-state index contributed by atoms with van der Waals surface area (Å²) in [6.45, 7) is 0.141. The van der Waals surface area contributed by atoms with Crippen LogP contribution in [0, 0.1) is 5.92 Å². The maximum absolute atomic E-state index is 9.38. The van der Waals surface area contributed by atoms with E-state index < -0.39 is 0 Å². The number of thioether (sulfide) groups is 1. The van der Waals surface area contributed by atoms with Crippen LogP contribution in [0.2, 0.25) is 0 Å². The Bertz CT molecular complexity index is 97.6. The Kier molecular flexibility index (Phi) is 3.52. The highest BCUT2D eigenvalue weighted by Gasteiger charge is 2.20. The Labute approximate surface area is 65.6 Å². The van der Waals surface area contributed by atoms with Crippen LogP contribution in [0.3, 0.4) is 0 Å². The molecule has 2 atom stereocenters. The zero-order valence-corrected chi connectivity index (χ0v) is 6.81. The summed E-state index contributed by atoms with van der Waals surface area (Å²) in [4.78, 5) is 0. The summed E-state index contributed by atoms with van der Waals surface area (Å²) in [5.41, 5.74) is 0. The predicted molar refractivity (Wildman–Crippen MR) is 43.1 cm³/mol. The number of rotatable bonds is 1. The minimum absolute atomic E-state index is 0.134. The average molecular weight is 162 g/mol. The van der Waals surface area contributed by atoms with Crippen molar-refractivity contribution in [1.82, 2.24) is 0 Å². The second-order valence-electron chi connectivity index (χ2n) is 2.70. The Morgan fingerprint density at radius 3 is 2.70 bits per heavy atom. The molecular formula is C7H14O2S. The minimum Gasteiger partial charge on any atom is -0.396 e. The van der Waals surface area contributed by atoms with Gasteiger partial charge >= 0.3 is 0 Å². The fourth-order valence-corrected chi connectivity index (χ4v) is 2.26. The topological polar surface area (TPSA) is 40.5 Å². The Balaban J connectivity index is 2.35. The van der Waals surface area contributed by atoms with Crippen LogP contribution >= 0.6 is 11.8 Å². The van der Waals surface area contributed by atoms with Gasteiger partial charge < -0.3 is 10.2 Å². The molecular weight excluding hydrogens is 148 g/mol. The predicted octanol–water partition coefficient (Wildman–Crippen LogP) is 0.483. The van der Waals surface area contributed by atoms with Crippen molar-refractivity contribution in [2.45, 2.75) is 18.9 Å². The molecule has 0 radical (unpaired) electrons. The van der Waals surface area contributed by atoms with E-state index in [4.69, 9.17) is 5.11 Å². The highest BCUT2D eigenvalue weighted by atomic mass is 32.2. The van der Waals surface area contributed by atoms with Crippen molar-refractivity contribution in [3.8, 4) is 0 Å². The monoisotopic (exact) mass is 162 g/mol. The first-order valence-electron chi connectivity index (χ1n) is 3.71. The highest BCUT2D eigenvalue weighted by Crippen LogP contribution is 2.21. The largest absolute Gasteiger partial charge is 0.396 e. The van der Waals surface area contributed by atoms with Crippen LogP contribution in [0.5, 0.6) is 0 Å². The molecule has 60 valence electrons. The molecule has 0 saturated carbocycles. The van der Waals surface area contributed by atoms with Gasteiger partial charge in [-0.1, -0.05) is 0 Å². The summed E-state index contributed by atoms with van der Waals surface area (Å²) < 4.78 is 0. The molecule has 1 rings (SSSR count). The van der Waals surface area contributed by atoms with Gasteiger partial charge in [0.1, 0.15) is 0 Å². The average Bonchev–Trinajstić information content (AvgIpc) is 2.13. The van der Waals surface area contributed by atoms with E-state index >= 15 is 0 Å². The van der Waals surface area contributed by atoms with Gasteiger partial charge in [-0.3, -0.25) is 0 Å². The number of hydrogen-bond donors (Lipinski definition) is 2. The summed E-state index contributed by atoms with van der Waals surface area (Å²) in [7, 11) is 0. The van der Waals surface area contributed by atoms with Crippen LogP contribution in [0.15, 0.2) is 0 Å². The van der Waals surface area contributed by atoms with E-state index in [1.807, 2.05) is 11.8 Å². The molecule has 3 heteroatoms. The highest BCUT2D eigenvalue weighted by molar-refractivity contribution is 7.99. The maximum Gasteiger partial charge on any atom is 0.0598 e. The molecule has 2 nitrogen and oxygen atoms in total. The van der Waals surface area contributed by atoms with E-state index in [2.05, 4.69) is 0 Å². The number of aliphatic hydroxyl groups excluding tert-OH is 2. The van der Waals surface area contributed by atoms with Crippen molar-refractivity contribution >= 4 is 11.8 Å². The lowest BCUT2D eigenvalue weighted by atomic mass is 9.99. The first-order valence-corrected chi connectivity index (χ1v) is 4.86. The third kappa shape index (κ3) is 2.15. The standard InChI is InChI=1S/C7H14O2S/c8-5-6-1-3-10-4-2-7(6)9/h6-9H,1-5H2. The summed E-state index contributed by atoms with van der Waals surface area (Å²) in [6.07, 6.45) is 1.54. The molecule has 1 aliphatic heterocycles. The van der Waals surface area contributed by atoms with Crippen molar-refractivity contribution in [3.63, 3.8) is 0 Å². The van der Waals surface area contributed by atoms with Crippen molar-refractivity contribution in [2.75, 3.05) is 18.1 Å². The summed E-state index contributed by atoms with van der Waals surface area (Å²) >= 11 is 1.87. The molecule has 1 fully saturated rings. The second kappa shape index (κ2) is 4.21. The zero-order chi connectivity index (χ0) is 7.40. The Hall–Kier alpha value is 0.270.